The Morgan fingerprint density at radius 2 is 1.84 bits per heavy atom. The summed E-state index contributed by atoms with van der Waals surface area (Å²) in [5.41, 5.74) is 0. The second-order valence-electron chi connectivity index (χ2n) is 5.31. The molecule has 6 heteroatoms. The van der Waals surface area contributed by atoms with Crippen molar-refractivity contribution in [2.24, 2.45) is 0 Å². The summed E-state index contributed by atoms with van der Waals surface area (Å²) < 4.78 is 0. The van der Waals surface area contributed by atoms with Crippen molar-refractivity contribution >= 4 is 11.9 Å². The Bertz CT molecular complexity index is 325. The monoisotopic (exact) mass is 272 g/mol. The lowest BCUT2D eigenvalue weighted by atomic mass is 10.1. The van der Waals surface area contributed by atoms with Gasteiger partial charge in [-0.1, -0.05) is 0 Å². The van der Waals surface area contributed by atoms with Crippen LogP contribution in [-0.4, -0.2) is 57.8 Å². The van der Waals surface area contributed by atoms with Gasteiger partial charge >= 0.3 is 5.97 Å². The number of hydrogen-bond donors (Lipinski definition) is 3. The Hall–Kier alpha value is -1.14. The summed E-state index contributed by atoms with van der Waals surface area (Å²) in [5, 5.41) is 20.3. The molecule has 1 heterocycles. The van der Waals surface area contributed by atoms with Crippen molar-refractivity contribution in [2.45, 2.75) is 64.2 Å². The molecule has 4 atom stereocenters. The lowest BCUT2D eigenvalue weighted by molar-refractivity contribution is -0.143. The highest BCUT2D eigenvalue weighted by molar-refractivity contribution is 5.86. The molecule has 1 aliphatic rings. The molecule has 0 aromatic rings. The Labute approximate surface area is 113 Å². The van der Waals surface area contributed by atoms with Gasteiger partial charge < -0.3 is 15.5 Å². The zero-order valence-electron chi connectivity index (χ0n) is 11.8. The van der Waals surface area contributed by atoms with Crippen LogP contribution in [0.3, 0.4) is 0 Å². The van der Waals surface area contributed by atoms with Gasteiger partial charge in [-0.2, -0.15) is 0 Å². The van der Waals surface area contributed by atoms with E-state index in [9.17, 15) is 9.59 Å². The van der Waals surface area contributed by atoms with Crippen molar-refractivity contribution in [2.75, 3.05) is 6.61 Å². The standard InChI is InChI=1S/C13H24N2O4/c1-8-4-5-9(2)15(8)10(3)12(17)14-11(6-7-16)13(18)19/h8-11,16H,4-7H2,1-3H3,(H,14,17)(H,18,19). The number of carbonyl (C=O) groups is 2. The van der Waals surface area contributed by atoms with Gasteiger partial charge in [-0.15, -0.1) is 0 Å². The fraction of sp³-hybridized carbons (Fsp3) is 0.846. The van der Waals surface area contributed by atoms with Crippen LogP contribution in [0.15, 0.2) is 0 Å². The average molecular weight is 272 g/mol. The van der Waals surface area contributed by atoms with Crippen LogP contribution in [0.25, 0.3) is 0 Å². The summed E-state index contributed by atoms with van der Waals surface area (Å²) >= 11 is 0. The number of nitrogens with zero attached hydrogens (tertiary/aromatic N) is 1. The first-order valence-corrected chi connectivity index (χ1v) is 6.80. The first-order chi connectivity index (χ1) is 8.88. The number of carboxylic acids is 1. The Kier molecular flexibility index (Phi) is 5.75. The van der Waals surface area contributed by atoms with Crippen molar-refractivity contribution in [3.05, 3.63) is 0 Å². The molecule has 1 aliphatic heterocycles. The number of aliphatic carboxylic acids is 1. The van der Waals surface area contributed by atoms with Crippen LogP contribution in [0.1, 0.15) is 40.0 Å². The fourth-order valence-corrected chi connectivity index (χ4v) is 2.79. The zero-order valence-corrected chi connectivity index (χ0v) is 11.8. The van der Waals surface area contributed by atoms with Crippen LogP contribution in [0, 0.1) is 0 Å². The van der Waals surface area contributed by atoms with E-state index in [-0.39, 0.29) is 25.0 Å². The van der Waals surface area contributed by atoms with Gasteiger partial charge in [-0.25, -0.2) is 4.79 Å². The molecule has 1 rings (SSSR count). The fourth-order valence-electron chi connectivity index (χ4n) is 2.79. The summed E-state index contributed by atoms with van der Waals surface area (Å²) in [5.74, 6) is -1.40. The predicted molar refractivity (Wildman–Crippen MR) is 70.7 cm³/mol. The van der Waals surface area contributed by atoms with E-state index in [1.165, 1.54) is 0 Å². The van der Waals surface area contributed by atoms with Crippen LogP contribution in [0.4, 0.5) is 0 Å². The summed E-state index contributed by atoms with van der Waals surface area (Å²) in [6, 6.07) is -0.713. The smallest absolute Gasteiger partial charge is 0.326 e. The van der Waals surface area contributed by atoms with E-state index in [0.717, 1.165) is 12.8 Å². The molecule has 0 aromatic heterocycles. The molecule has 0 aliphatic carbocycles. The Morgan fingerprint density at radius 1 is 1.32 bits per heavy atom. The molecule has 6 nitrogen and oxygen atoms in total. The normalized spacial score (nSPS) is 26.9. The predicted octanol–water partition coefficient (Wildman–Crippen LogP) is 0.200. The molecule has 1 amide bonds. The molecular weight excluding hydrogens is 248 g/mol. The third-order valence-electron chi connectivity index (χ3n) is 3.88. The van der Waals surface area contributed by atoms with Gasteiger partial charge in [0.2, 0.25) is 5.91 Å². The van der Waals surface area contributed by atoms with E-state index in [2.05, 4.69) is 24.1 Å². The zero-order chi connectivity index (χ0) is 14.6. The molecule has 0 saturated carbocycles. The van der Waals surface area contributed by atoms with E-state index in [1.807, 2.05) is 0 Å². The van der Waals surface area contributed by atoms with Gasteiger partial charge in [0.25, 0.3) is 0 Å². The molecule has 0 radical (unpaired) electrons. The first-order valence-electron chi connectivity index (χ1n) is 6.80. The van der Waals surface area contributed by atoms with E-state index in [4.69, 9.17) is 10.2 Å². The van der Waals surface area contributed by atoms with Crippen LogP contribution in [0.2, 0.25) is 0 Å². The number of hydrogen-bond acceptors (Lipinski definition) is 4. The van der Waals surface area contributed by atoms with Gasteiger partial charge in [0.1, 0.15) is 6.04 Å². The second kappa shape index (κ2) is 6.86. The summed E-state index contributed by atoms with van der Waals surface area (Å²) in [6.45, 7) is 5.69. The van der Waals surface area contributed by atoms with Crippen molar-refractivity contribution in [1.29, 1.82) is 0 Å². The maximum atomic E-state index is 12.1. The lowest BCUT2D eigenvalue weighted by Crippen LogP contribution is -2.53. The van der Waals surface area contributed by atoms with Gasteiger partial charge in [-0.05, 0) is 33.6 Å². The van der Waals surface area contributed by atoms with Gasteiger partial charge in [-0.3, -0.25) is 9.69 Å². The third kappa shape index (κ3) is 3.91. The minimum absolute atomic E-state index is 0.0267. The van der Waals surface area contributed by atoms with Gasteiger partial charge in [0, 0.05) is 25.1 Å². The van der Waals surface area contributed by atoms with Crippen molar-refractivity contribution < 1.29 is 19.8 Å². The van der Waals surface area contributed by atoms with Gasteiger partial charge in [0.05, 0.1) is 6.04 Å². The third-order valence-corrected chi connectivity index (χ3v) is 3.88. The average Bonchev–Trinajstić information content (AvgIpc) is 2.67. The number of amides is 1. The number of carbonyl (C=O) groups excluding carboxylic acids is 1. The molecule has 0 spiro atoms. The highest BCUT2D eigenvalue weighted by Crippen LogP contribution is 2.25. The summed E-state index contributed by atoms with van der Waals surface area (Å²) in [7, 11) is 0. The maximum absolute atomic E-state index is 12.1. The topological polar surface area (TPSA) is 89.9 Å². The minimum atomic E-state index is -1.11. The Morgan fingerprint density at radius 3 is 2.26 bits per heavy atom. The molecule has 3 N–H and O–H groups in total. The molecule has 19 heavy (non-hydrogen) atoms. The maximum Gasteiger partial charge on any atom is 0.326 e. The second-order valence-corrected chi connectivity index (χ2v) is 5.31. The number of aliphatic hydroxyl groups excluding tert-OH is 1. The number of nitrogens with one attached hydrogen (secondary N) is 1. The van der Waals surface area contributed by atoms with E-state index in [1.54, 1.807) is 6.92 Å². The summed E-state index contributed by atoms with van der Waals surface area (Å²) in [6.07, 6.45) is 2.13. The molecule has 4 unspecified atom stereocenters. The van der Waals surface area contributed by atoms with Crippen LogP contribution in [-0.2, 0) is 9.59 Å². The molecule has 1 fully saturated rings. The molecular formula is C13H24N2O4. The lowest BCUT2D eigenvalue weighted by Gasteiger charge is -2.32. The quantitative estimate of drug-likeness (QED) is 0.642. The molecule has 1 saturated heterocycles. The van der Waals surface area contributed by atoms with E-state index < -0.39 is 12.0 Å². The van der Waals surface area contributed by atoms with Gasteiger partial charge in [0.15, 0.2) is 0 Å². The minimum Gasteiger partial charge on any atom is -0.480 e. The van der Waals surface area contributed by atoms with Crippen LogP contribution >= 0.6 is 0 Å². The van der Waals surface area contributed by atoms with E-state index in [0.29, 0.717) is 12.1 Å². The highest BCUT2D eigenvalue weighted by Gasteiger charge is 2.35. The SMILES string of the molecule is CC1CCC(C)N1C(C)C(=O)NC(CCO)C(=O)O. The van der Waals surface area contributed by atoms with Crippen LogP contribution in [0.5, 0.6) is 0 Å². The number of aliphatic hydroxyl groups is 1. The number of carboxylic acid groups (broad SMARTS) is 1. The van der Waals surface area contributed by atoms with Crippen LogP contribution < -0.4 is 5.32 Å². The largest absolute Gasteiger partial charge is 0.480 e. The van der Waals surface area contributed by atoms with Crippen molar-refractivity contribution in [3.63, 3.8) is 0 Å². The number of likely N-dealkylation sites (tertiary alicyclic amines) is 1. The molecule has 0 aromatic carbocycles. The Balaban J connectivity index is 2.63. The first kappa shape index (κ1) is 15.9. The summed E-state index contributed by atoms with van der Waals surface area (Å²) in [4.78, 5) is 25.2. The highest BCUT2D eigenvalue weighted by atomic mass is 16.4. The number of rotatable bonds is 6. The molecule has 110 valence electrons. The van der Waals surface area contributed by atoms with E-state index >= 15 is 0 Å². The van der Waals surface area contributed by atoms with Crippen molar-refractivity contribution in [1.82, 2.24) is 10.2 Å². The van der Waals surface area contributed by atoms with Crippen molar-refractivity contribution in [3.8, 4) is 0 Å². The molecule has 0 bridgehead atoms.